The van der Waals surface area contributed by atoms with Gasteiger partial charge in [0.25, 0.3) is 0 Å². The first kappa shape index (κ1) is 15.3. The van der Waals surface area contributed by atoms with Gasteiger partial charge in [-0.15, -0.1) is 0 Å². The Morgan fingerprint density at radius 3 is 2.36 bits per heavy atom. The highest BCUT2D eigenvalue weighted by Gasteiger charge is 2.45. The van der Waals surface area contributed by atoms with Gasteiger partial charge in [0.1, 0.15) is 5.54 Å². The Bertz CT molecular complexity index is 662. The van der Waals surface area contributed by atoms with Gasteiger partial charge >= 0.3 is 0 Å². The van der Waals surface area contributed by atoms with Gasteiger partial charge in [-0.1, -0.05) is 54.1 Å². The Kier molecular flexibility index (Phi) is 4.34. The highest BCUT2D eigenvalue weighted by atomic mass is 35.5. The van der Waals surface area contributed by atoms with Crippen molar-refractivity contribution in [2.75, 3.05) is 19.7 Å². The summed E-state index contributed by atoms with van der Waals surface area (Å²) in [6.07, 6.45) is 0. The van der Waals surface area contributed by atoms with Crippen molar-refractivity contribution in [1.82, 2.24) is 10.2 Å². The van der Waals surface area contributed by atoms with Gasteiger partial charge in [0.15, 0.2) is 5.11 Å². The second-order valence-corrected chi connectivity index (χ2v) is 6.09. The van der Waals surface area contributed by atoms with Crippen LogP contribution in [0, 0.1) is 0 Å². The van der Waals surface area contributed by atoms with Crippen molar-refractivity contribution in [3.63, 3.8) is 0 Å². The number of aliphatic hydroxyl groups is 1. The molecule has 5 heteroatoms. The monoisotopic (exact) mass is 332 g/mol. The summed E-state index contributed by atoms with van der Waals surface area (Å²) < 4.78 is 0. The van der Waals surface area contributed by atoms with Crippen LogP contribution in [0.3, 0.4) is 0 Å². The van der Waals surface area contributed by atoms with Crippen LogP contribution in [0.2, 0.25) is 5.02 Å². The predicted octanol–water partition coefficient (Wildman–Crippen LogP) is 2.77. The smallest absolute Gasteiger partial charge is 0.170 e. The van der Waals surface area contributed by atoms with Crippen molar-refractivity contribution >= 4 is 28.9 Å². The van der Waals surface area contributed by atoms with Crippen LogP contribution in [0.15, 0.2) is 54.6 Å². The van der Waals surface area contributed by atoms with E-state index in [0.29, 0.717) is 23.2 Å². The molecule has 22 heavy (non-hydrogen) atoms. The number of benzene rings is 2. The first-order chi connectivity index (χ1) is 10.7. The molecule has 0 aromatic heterocycles. The van der Waals surface area contributed by atoms with E-state index in [1.165, 1.54) is 0 Å². The molecule has 3 nitrogen and oxygen atoms in total. The zero-order valence-corrected chi connectivity index (χ0v) is 13.6. The Hall–Kier alpha value is -1.62. The Morgan fingerprint density at radius 1 is 1.09 bits per heavy atom. The second kappa shape index (κ2) is 6.24. The second-order valence-electron chi connectivity index (χ2n) is 5.27. The minimum absolute atomic E-state index is 0.0456. The summed E-state index contributed by atoms with van der Waals surface area (Å²) in [7, 11) is 0. The summed E-state index contributed by atoms with van der Waals surface area (Å²) in [5.41, 5.74) is 1.81. The fourth-order valence-corrected chi connectivity index (χ4v) is 3.53. The van der Waals surface area contributed by atoms with E-state index in [2.05, 4.69) is 22.3 Å². The van der Waals surface area contributed by atoms with Gasteiger partial charge in [-0.3, -0.25) is 0 Å². The molecule has 2 aromatic carbocycles. The lowest BCUT2D eigenvalue weighted by Gasteiger charge is -2.39. The molecule has 3 rings (SSSR count). The molecule has 0 amide bonds. The first-order valence-corrected chi connectivity index (χ1v) is 7.95. The van der Waals surface area contributed by atoms with Crippen molar-refractivity contribution in [1.29, 1.82) is 0 Å². The summed E-state index contributed by atoms with van der Waals surface area (Å²) >= 11 is 11.5. The van der Waals surface area contributed by atoms with E-state index >= 15 is 0 Å². The molecule has 1 saturated heterocycles. The van der Waals surface area contributed by atoms with Crippen LogP contribution in [-0.4, -0.2) is 34.8 Å². The largest absolute Gasteiger partial charge is 0.395 e. The minimum atomic E-state index is -0.425. The fourth-order valence-electron chi connectivity index (χ4n) is 3.08. The Balaban J connectivity index is 2.18. The molecule has 1 atom stereocenters. The van der Waals surface area contributed by atoms with Crippen LogP contribution in [0.1, 0.15) is 11.1 Å². The summed E-state index contributed by atoms with van der Waals surface area (Å²) in [6, 6.07) is 18.0. The van der Waals surface area contributed by atoms with Gasteiger partial charge in [0, 0.05) is 18.1 Å². The van der Waals surface area contributed by atoms with Crippen molar-refractivity contribution < 1.29 is 5.11 Å². The third-order valence-corrected chi connectivity index (χ3v) is 4.71. The third-order valence-electron chi connectivity index (χ3n) is 4.10. The quantitative estimate of drug-likeness (QED) is 0.844. The molecule has 1 aliphatic rings. The maximum absolute atomic E-state index is 9.46. The normalized spacial score (nSPS) is 21.0. The average Bonchev–Trinajstić information content (AvgIpc) is 2.88. The molecule has 2 aromatic rings. The zero-order valence-electron chi connectivity index (χ0n) is 12.0. The van der Waals surface area contributed by atoms with Crippen LogP contribution >= 0.6 is 23.8 Å². The van der Waals surface area contributed by atoms with Gasteiger partial charge in [-0.25, -0.2) is 0 Å². The lowest BCUT2D eigenvalue weighted by molar-refractivity contribution is 0.195. The number of hydrogen-bond acceptors (Lipinski definition) is 2. The van der Waals surface area contributed by atoms with Gasteiger partial charge in [-0.2, -0.15) is 0 Å². The van der Waals surface area contributed by atoms with Crippen LogP contribution in [-0.2, 0) is 5.54 Å². The molecular formula is C17H17ClN2OS. The molecule has 1 heterocycles. The van der Waals surface area contributed by atoms with E-state index < -0.39 is 5.54 Å². The maximum Gasteiger partial charge on any atom is 0.170 e. The number of aliphatic hydroxyl groups excluding tert-OH is 1. The molecule has 114 valence electrons. The highest BCUT2D eigenvalue weighted by Crippen LogP contribution is 2.39. The molecule has 0 saturated carbocycles. The van der Waals surface area contributed by atoms with Gasteiger partial charge in [0.2, 0.25) is 0 Å². The zero-order chi connectivity index (χ0) is 15.6. The molecule has 0 spiro atoms. The van der Waals surface area contributed by atoms with Crippen LogP contribution in [0.4, 0.5) is 0 Å². The molecule has 0 bridgehead atoms. The number of hydrogen-bond donors (Lipinski definition) is 2. The highest BCUT2D eigenvalue weighted by molar-refractivity contribution is 7.80. The lowest BCUT2D eigenvalue weighted by atomic mass is 9.82. The molecule has 0 radical (unpaired) electrons. The van der Waals surface area contributed by atoms with E-state index in [0.717, 1.165) is 11.1 Å². The lowest BCUT2D eigenvalue weighted by Crippen LogP contribution is -2.46. The minimum Gasteiger partial charge on any atom is -0.395 e. The number of thiocarbonyl (C=S) groups is 1. The molecular weight excluding hydrogens is 316 g/mol. The van der Waals surface area contributed by atoms with Crippen LogP contribution in [0.25, 0.3) is 0 Å². The standard InChI is InChI=1S/C17H17ClN2OS/c18-15-8-6-14(7-9-15)17(13-4-2-1-3-5-13)12-19-16(22)20(17)10-11-21/h1-9,21H,10-12H2,(H,19,22). The number of halogens is 1. The van der Waals surface area contributed by atoms with Gasteiger partial charge in [-0.05, 0) is 35.5 Å². The van der Waals surface area contributed by atoms with E-state index in [4.69, 9.17) is 23.8 Å². The van der Waals surface area contributed by atoms with Crippen molar-refractivity contribution in [3.05, 3.63) is 70.7 Å². The van der Waals surface area contributed by atoms with Crippen LogP contribution < -0.4 is 5.32 Å². The van der Waals surface area contributed by atoms with Crippen molar-refractivity contribution in [2.24, 2.45) is 0 Å². The summed E-state index contributed by atoms with van der Waals surface area (Å²) in [4.78, 5) is 2.06. The maximum atomic E-state index is 9.46. The number of nitrogens with one attached hydrogen (secondary N) is 1. The molecule has 1 fully saturated rings. The SMILES string of the molecule is OCCN1C(=S)NCC1(c1ccccc1)c1ccc(Cl)cc1. The average molecular weight is 333 g/mol. The number of rotatable bonds is 4. The molecule has 2 N–H and O–H groups in total. The topological polar surface area (TPSA) is 35.5 Å². The third kappa shape index (κ3) is 2.47. The fraction of sp³-hybridized carbons (Fsp3) is 0.235. The van der Waals surface area contributed by atoms with Crippen LogP contribution in [0.5, 0.6) is 0 Å². The van der Waals surface area contributed by atoms with Crippen molar-refractivity contribution in [2.45, 2.75) is 5.54 Å². The van der Waals surface area contributed by atoms with Gasteiger partial charge < -0.3 is 15.3 Å². The van der Waals surface area contributed by atoms with E-state index in [1.54, 1.807) is 0 Å². The van der Waals surface area contributed by atoms with Gasteiger partial charge in [0.05, 0.1) is 6.61 Å². The summed E-state index contributed by atoms with van der Waals surface area (Å²) in [6.45, 7) is 1.19. The summed E-state index contributed by atoms with van der Waals surface area (Å²) in [5, 5.41) is 14.1. The van der Waals surface area contributed by atoms with E-state index in [1.807, 2.05) is 42.5 Å². The predicted molar refractivity (Wildman–Crippen MR) is 93.1 cm³/mol. The molecule has 0 aliphatic carbocycles. The van der Waals surface area contributed by atoms with Crippen molar-refractivity contribution in [3.8, 4) is 0 Å². The molecule has 1 aliphatic heterocycles. The van der Waals surface area contributed by atoms with E-state index in [9.17, 15) is 5.11 Å². The first-order valence-electron chi connectivity index (χ1n) is 7.16. The number of β-amino-alcohol motifs (C(OH)–C–C–N with tert-alkyl or cyclic N) is 1. The van der Waals surface area contributed by atoms with E-state index in [-0.39, 0.29) is 6.61 Å². The Labute approximate surface area is 140 Å². The number of nitrogens with zero attached hydrogens (tertiary/aromatic N) is 1. The summed E-state index contributed by atoms with van der Waals surface area (Å²) in [5.74, 6) is 0. The molecule has 1 unspecified atom stereocenters. The Morgan fingerprint density at radius 2 is 1.73 bits per heavy atom.